The van der Waals surface area contributed by atoms with Crippen molar-refractivity contribution >= 4 is 21.4 Å². The Bertz CT molecular complexity index is 1030. The van der Waals surface area contributed by atoms with Crippen LogP contribution in [0.3, 0.4) is 0 Å². The molecule has 3 aliphatic rings. The Morgan fingerprint density at radius 3 is 2.39 bits per heavy atom. The van der Waals surface area contributed by atoms with Crippen molar-refractivity contribution in [3.05, 3.63) is 54.1 Å². The molecule has 0 N–H and O–H groups in total. The lowest BCUT2D eigenvalue weighted by atomic mass is 10.1. The van der Waals surface area contributed by atoms with Crippen LogP contribution in [-0.2, 0) is 9.84 Å². The van der Waals surface area contributed by atoms with Gasteiger partial charge in [-0.05, 0) is 30.7 Å². The number of fused-ring (bicyclic) bond motifs is 2. The highest BCUT2D eigenvalue weighted by atomic mass is 32.2. The zero-order valence-electron chi connectivity index (χ0n) is 15.6. The van der Waals surface area contributed by atoms with Gasteiger partial charge in [0, 0.05) is 32.2 Å². The summed E-state index contributed by atoms with van der Waals surface area (Å²) < 4.78 is 29.8. The highest BCUT2D eigenvalue weighted by Crippen LogP contribution is 2.38. The molecule has 5 rings (SSSR count). The molecular formula is C21H23N3O3S. The van der Waals surface area contributed by atoms with E-state index in [1.54, 1.807) is 0 Å². The normalized spacial score (nSPS) is 23.9. The van der Waals surface area contributed by atoms with E-state index in [2.05, 4.69) is 15.9 Å². The molecule has 0 radical (unpaired) electrons. The Kier molecular flexibility index (Phi) is 4.36. The van der Waals surface area contributed by atoms with E-state index in [1.165, 1.54) is 0 Å². The van der Waals surface area contributed by atoms with E-state index in [9.17, 15) is 8.42 Å². The van der Waals surface area contributed by atoms with Crippen LogP contribution in [0.1, 0.15) is 12.0 Å². The van der Waals surface area contributed by atoms with Crippen LogP contribution in [-0.4, -0.2) is 67.8 Å². The van der Waals surface area contributed by atoms with Crippen LogP contribution in [0.4, 0.5) is 5.69 Å². The van der Waals surface area contributed by atoms with E-state index < -0.39 is 9.84 Å². The van der Waals surface area contributed by atoms with E-state index in [1.807, 2.05) is 42.5 Å². The van der Waals surface area contributed by atoms with Crippen molar-refractivity contribution in [2.24, 2.45) is 4.99 Å². The van der Waals surface area contributed by atoms with E-state index in [0.29, 0.717) is 11.5 Å². The van der Waals surface area contributed by atoms with Gasteiger partial charge in [-0.2, -0.15) is 0 Å². The fourth-order valence-corrected chi connectivity index (χ4v) is 6.03. The summed E-state index contributed by atoms with van der Waals surface area (Å²) in [5.74, 6) is 3.14. The molecule has 0 spiro atoms. The second-order valence-corrected chi connectivity index (χ2v) is 9.81. The van der Waals surface area contributed by atoms with Gasteiger partial charge in [-0.3, -0.25) is 4.90 Å². The molecule has 0 saturated carbocycles. The average molecular weight is 398 g/mol. The summed E-state index contributed by atoms with van der Waals surface area (Å²) in [5.41, 5.74) is 1.83. The van der Waals surface area contributed by atoms with Crippen LogP contribution in [0.15, 0.2) is 53.5 Å². The lowest BCUT2D eigenvalue weighted by Crippen LogP contribution is -2.52. The third-order valence-corrected chi connectivity index (χ3v) is 7.53. The molecule has 2 fully saturated rings. The molecule has 2 saturated heterocycles. The molecule has 146 valence electrons. The van der Waals surface area contributed by atoms with Crippen LogP contribution in [0.2, 0.25) is 0 Å². The Morgan fingerprint density at radius 1 is 0.929 bits per heavy atom. The molecule has 2 aromatic carbocycles. The van der Waals surface area contributed by atoms with E-state index in [4.69, 9.17) is 9.73 Å². The minimum absolute atomic E-state index is 0.166. The molecule has 0 aromatic heterocycles. The van der Waals surface area contributed by atoms with Gasteiger partial charge in [0.2, 0.25) is 0 Å². The summed E-state index contributed by atoms with van der Waals surface area (Å²) in [6.07, 6.45) is 0.757. The lowest BCUT2D eigenvalue weighted by Gasteiger charge is -2.39. The number of ether oxygens (including phenoxy) is 1. The smallest absolute Gasteiger partial charge is 0.153 e. The zero-order chi connectivity index (χ0) is 19.1. The molecule has 0 bridgehead atoms. The maximum atomic E-state index is 11.8. The molecule has 1 atom stereocenters. The Labute approximate surface area is 165 Å². The SMILES string of the molecule is O=S1(=O)CCC(N2CCN(C3=Nc4ccccc4Oc4ccccc43)CC2)C1. The monoisotopic (exact) mass is 397 g/mol. The quantitative estimate of drug-likeness (QED) is 0.740. The largest absolute Gasteiger partial charge is 0.454 e. The Balaban J connectivity index is 1.41. The molecule has 2 aromatic rings. The van der Waals surface area contributed by atoms with Gasteiger partial charge in [-0.25, -0.2) is 13.4 Å². The first-order valence-corrected chi connectivity index (χ1v) is 11.6. The number of nitrogens with zero attached hydrogens (tertiary/aromatic N) is 3. The molecule has 0 amide bonds. The highest BCUT2D eigenvalue weighted by Gasteiger charge is 2.34. The number of hydrogen-bond donors (Lipinski definition) is 0. The van der Waals surface area contributed by atoms with E-state index in [-0.39, 0.29) is 6.04 Å². The molecule has 6 nitrogen and oxygen atoms in total. The first-order valence-electron chi connectivity index (χ1n) is 9.73. The maximum Gasteiger partial charge on any atom is 0.153 e. The van der Waals surface area contributed by atoms with Crippen molar-refractivity contribution in [3.63, 3.8) is 0 Å². The lowest BCUT2D eigenvalue weighted by molar-refractivity contribution is 0.143. The number of rotatable bonds is 1. The molecule has 28 heavy (non-hydrogen) atoms. The summed E-state index contributed by atoms with van der Waals surface area (Å²) in [6, 6.07) is 16.0. The highest BCUT2D eigenvalue weighted by molar-refractivity contribution is 7.91. The van der Waals surface area contributed by atoms with Crippen molar-refractivity contribution < 1.29 is 13.2 Å². The van der Waals surface area contributed by atoms with Crippen LogP contribution >= 0.6 is 0 Å². The van der Waals surface area contributed by atoms with Crippen LogP contribution in [0.25, 0.3) is 0 Å². The number of hydrogen-bond acceptors (Lipinski definition) is 6. The topological polar surface area (TPSA) is 62.2 Å². The second-order valence-electron chi connectivity index (χ2n) is 7.58. The molecule has 1 unspecified atom stereocenters. The Hall–Kier alpha value is -2.38. The zero-order valence-corrected chi connectivity index (χ0v) is 16.4. The van der Waals surface area contributed by atoms with Gasteiger partial charge in [0.05, 0.1) is 17.1 Å². The number of para-hydroxylation sites is 3. The maximum absolute atomic E-state index is 11.8. The van der Waals surface area contributed by atoms with E-state index in [0.717, 1.165) is 61.2 Å². The first kappa shape index (κ1) is 17.7. The first-order chi connectivity index (χ1) is 13.6. The van der Waals surface area contributed by atoms with Gasteiger partial charge in [-0.1, -0.05) is 24.3 Å². The van der Waals surface area contributed by atoms with Gasteiger partial charge in [0.15, 0.2) is 15.6 Å². The van der Waals surface area contributed by atoms with Crippen molar-refractivity contribution in [3.8, 4) is 11.5 Å². The van der Waals surface area contributed by atoms with Gasteiger partial charge >= 0.3 is 0 Å². The predicted molar refractivity (Wildman–Crippen MR) is 109 cm³/mol. The minimum Gasteiger partial charge on any atom is -0.454 e. The van der Waals surface area contributed by atoms with Crippen LogP contribution < -0.4 is 4.74 Å². The van der Waals surface area contributed by atoms with Crippen LogP contribution in [0, 0.1) is 0 Å². The number of sulfone groups is 1. The third kappa shape index (κ3) is 3.29. The summed E-state index contributed by atoms with van der Waals surface area (Å²) in [6.45, 7) is 3.35. The molecule has 0 aliphatic carbocycles. The summed E-state index contributed by atoms with van der Waals surface area (Å²) >= 11 is 0. The number of aliphatic imine (C=N–C) groups is 1. The summed E-state index contributed by atoms with van der Waals surface area (Å²) in [4.78, 5) is 9.58. The van der Waals surface area contributed by atoms with Crippen molar-refractivity contribution in [1.82, 2.24) is 9.80 Å². The van der Waals surface area contributed by atoms with Gasteiger partial charge in [0.25, 0.3) is 0 Å². The summed E-state index contributed by atoms with van der Waals surface area (Å²) in [7, 11) is -2.85. The van der Waals surface area contributed by atoms with Crippen molar-refractivity contribution in [2.45, 2.75) is 12.5 Å². The number of amidine groups is 1. The fraction of sp³-hybridized carbons (Fsp3) is 0.381. The average Bonchev–Trinajstić information content (AvgIpc) is 2.98. The molecule has 7 heteroatoms. The molecule has 3 heterocycles. The summed E-state index contributed by atoms with van der Waals surface area (Å²) in [5, 5.41) is 0. The number of benzene rings is 2. The second kappa shape index (κ2) is 6.90. The van der Waals surface area contributed by atoms with Gasteiger partial charge < -0.3 is 9.64 Å². The standard InChI is InChI=1S/C21H23N3O3S/c25-28(26)14-9-16(15-28)23-10-12-24(13-11-23)21-17-5-1-3-7-19(17)27-20-8-4-2-6-18(20)22-21/h1-8,16H,9-15H2. The molecule has 3 aliphatic heterocycles. The van der Waals surface area contributed by atoms with Crippen LogP contribution in [0.5, 0.6) is 11.5 Å². The van der Waals surface area contributed by atoms with E-state index >= 15 is 0 Å². The minimum atomic E-state index is -2.85. The number of piperazine rings is 1. The van der Waals surface area contributed by atoms with Gasteiger partial charge in [-0.15, -0.1) is 0 Å². The fourth-order valence-electron chi connectivity index (χ4n) is 4.27. The Morgan fingerprint density at radius 2 is 1.64 bits per heavy atom. The third-order valence-electron chi connectivity index (χ3n) is 5.78. The van der Waals surface area contributed by atoms with Gasteiger partial charge in [0.1, 0.15) is 17.3 Å². The van der Waals surface area contributed by atoms with Crippen molar-refractivity contribution in [2.75, 3.05) is 37.7 Å². The molecular weight excluding hydrogens is 374 g/mol. The van der Waals surface area contributed by atoms with Crippen molar-refractivity contribution in [1.29, 1.82) is 0 Å². The predicted octanol–water partition coefficient (Wildman–Crippen LogP) is 2.68.